The van der Waals surface area contributed by atoms with Crippen molar-refractivity contribution in [2.75, 3.05) is 73.0 Å². The topological polar surface area (TPSA) is 150 Å². The highest BCUT2D eigenvalue weighted by atomic mass is 31.2. The first kappa shape index (κ1) is 44.2. The average Bonchev–Trinajstić information content (AvgIpc) is 3.11. The molecule has 13 nitrogen and oxygen atoms in total. The van der Waals surface area contributed by atoms with Gasteiger partial charge in [-0.2, -0.15) is 0 Å². The van der Waals surface area contributed by atoms with Crippen LogP contribution in [-0.2, 0) is 43.9 Å². The Kier molecular flexibility index (Phi) is 21.7. The van der Waals surface area contributed by atoms with Gasteiger partial charge in [-0.25, -0.2) is 4.79 Å². The Morgan fingerprint density at radius 2 is 1.53 bits per heavy atom. The summed E-state index contributed by atoms with van der Waals surface area (Å²) in [5, 5.41) is 2.82. The number of nitrogens with zero attached hydrogens (tertiary/aromatic N) is 2. The zero-order valence-corrected chi connectivity index (χ0v) is 32.5. The number of hydrogen-bond donors (Lipinski definition) is 1. The lowest BCUT2D eigenvalue weighted by Gasteiger charge is -2.29. The number of ether oxygens (including phenoxy) is 3. The fourth-order valence-corrected chi connectivity index (χ4v) is 7.43. The predicted molar refractivity (Wildman–Crippen MR) is 196 cm³/mol. The van der Waals surface area contributed by atoms with Gasteiger partial charge in [0.1, 0.15) is 24.1 Å². The molecule has 2 rings (SSSR count). The Morgan fingerprint density at radius 1 is 0.922 bits per heavy atom. The number of carbonyl (C=O) groups is 4. The van der Waals surface area contributed by atoms with E-state index in [1.165, 1.54) is 65.5 Å². The SMILES string of the molecule is CCCCCCCCCCCCc1ccc(C(=O)OC)c(OC[C@H](CC(=O)N2CCOCC2)NC(=O)CN(C)C(=O)CP(=O)(OCC)OCC)c1. The molecule has 1 aliphatic heterocycles. The van der Waals surface area contributed by atoms with E-state index in [0.717, 1.165) is 29.7 Å². The van der Waals surface area contributed by atoms with Crippen LogP contribution in [0.25, 0.3) is 0 Å². The largest absolute Gasteiger partial charge is 0.491 e. The Hall–Kier alpha value is -2.99. The fraction of sp³-hybridized carbons (Fsp3) is 0.730. The number of esters is 1. The fourth-order valence-electron chi connectivity index (χ4n) is 5.82. The summed E-state index contributed by atoms with van der Waals surface area (Å²) < 4.78 is 39.8. The maximum absolute atomic E-state index is 13.2. The van der Waals surface area contributed by atoms with Gasteiger partial charge in [0.2, 0.25) is 17.7 Å². The van der Waals surface area contributed by atoms with Crippen LogP contribution < -0.4 is 10.1 Å². The van der Waals surface area contributed by atoms with E-state index in [1.807, 2.05) is 12.1 Å². The Bertz CT molecular complexity index is 1250. The quantitative estimate of drug-likeness (QED) is 0.0705. The molecule has 1 saturated heterocycles. The lowest BCUT2D eigenvalue weighted by atomic mass is 10.0. The van der Waals surface area contributed by atoms with Gasteiger partial charge < -0.3 is 38.4 Å². The van der Waals surface area contributed by atoms with E-state index in [-0.39, 0.29) is 44.3 Å². The van der Waals surface area contributed by atoms with E-state index in [9.17, 15) is 23.7 Å². The second-order valence-electron chi connectivity index (χ2n) is 12.9. The average molecular weight is 740 g/mol. The highest BCUT2D eigenvalue weighted by Crippen LogP contribution is 2.47. The summed E-state index contributed by atoms with van der Waals surface area (Å²) >= 11 is 0. The molecular formula is C37H62N3O10P. The summed E-state index contributed by atoms with van der Waals surface area (Å²) in [4.78, 5) is 54.7. The Morgan fingerprint density at radius 3 is 2.12 bits per heavy atom. The van der Waals surface area contributed by atoms with Crippen molar-refractivity contribution in [2.45, 2.75) is 104 Å². The van der Waals surface area contributed by atoms with Gasteiger partial charge in [0, 0.05) is 20.1 Å². The van der Waals surface area contributed by atoms with Crippen LogP contribution in [0.4, 0.5) is 0 Å². The first-order valence-electron chi connectivity index (χ1n) is 18.7. The minimum atomic E-state index is -3.66. The molecule has 1 fully saturated rings. The number of methoxy groups -OCH3 is 1. The third-order valence-corrected chi connectivity index (χ3v) is 10.6. The molecule has 3 amide bonds. The minimum Gasteiger partial charge on any atom is -0.491 e. The van der Waals surface area contributed by atoms with Crippen LogP contribution in [0.3, 0.4) is 0 Å². The van der Waals surface area contributed by atoms with Crippen LogP contribution >= 0.6 is 7.60 Å². The van der Waals surface area contributed by atoms with E-state index >= 15 is 0 Å². The predicted octanol–water partition coefficient (Wildman–Crippen LogP) is 5.77. The van der Waals surface area contributed by atoms with Crippen molar-refractivity contribution in [2.24, 2.45) is 0 Å². The molecule has 0 unspecified atom stereocenters. The molecule has 0 bridgehead atoms. The number of nitrogens with one attached hydrogen (secondary N) is 1. The van der Waals surface area contributed by atoms with Crippen molar-refractivity contribution in [3.63, 3.8) is 0 Å². The first-order chi connectivity index (χ1) is 24.5. The van der Waals surface area contributed by atoms with E-state index in [4.69, 9.17) is 23.3 Å². The monoisotopic (exact) mass is 739 g/mol. The van der Waals surface area contributed by atoms with Crippen molar-refractivity contribution in [3.8, 4) is 5.75 Å². The summed E-state index contributed by atoms with van der Waals surface area (Å²) in [5.74, 6) is -1.57. The first-order valence-corrected chi connectivity index (χ1v) is 20.4. The van der Waals surface area contributed by atoms with Gasteiger partial charge in [0.05, 0.1) is 52.5 Å². The van der Waals surface area contributed by atoms with Crippen LogP contribution in [0.2, 0.25) is 0 Å². The smallest absolute Gasteiger partial charge is 0.341 e. The molecule has 1 aromatic rings. The van der Waals surface area contributed by atoms with Crippen LogP contribution in [0.1, 0.15) is 107 Å². The molecule has 1 N–H and O–H groups in total. The molecule has 14 heteroatoms. The maximum atomic E-state index is 13.2. The number of amides is 3. The number of likely N-dealkylation sites (N-methyl/N-ethyl adjacent to an activating group) is 1. The Labute approximate surface area is 304 Å². The van der Waals surface area contributed by atoms with Crippen molar-refractivity contribution in [1.29, 1.82) is 0 Å². The number of morpholine rings is 1. The third-order valence-electron chi connectivity index (χ3n) is 8.65. The summed E-state index contributed by atoms with van der Waals surface area (Å²) in [6.07, 6.45) is 12.6. The van der Waals surface area contributed by atoms with Gasteiger partial charge in [-0.05, 0) is 44.4 Å². The molecule has 1 heterocycles. The van der Waals surface area contributed by atoms with Crippen LogP contribution in [-0.4, -0.2) is 113 Å². The minimum absolute atomic E-state index is 0.0703. The normalized spacial score (nSPS) is 13.8. The van der Waals surface area contributed by atoms with Gasteiger partial charge in [0.15, 0.2) is 0 Å². The molecule has 51 heavy (non-hydrogen) atoms. The van der Waals surface area contributed by atoms with Gasteiger partial charge in [-0.1, -0.05) is 70.8 Å². The number of benzene rings is 1. The van der Waals surface area contributed by atoms with Crippen molar-refractivity contribution in [1.82, 2.24) is 15.1 Å². The van der Waals surface area contributed by atoms with Gasteiger partial charge in [0.25, 0.3) is 0 Å². The molecule has 1 aromatic carbocycles. The lowest BCUT2D eigenvalue weighted by molar-refractivity contribution is -0.137. The number of rotatable bonds is 26. The van der Waals surface area contributed by atoms with Crippen LogP contribution in [0.15, 0.2) is 18.2 Å². The molecule has 1 atom stereocenters. The molecule has 0 radical (unpaired) electrons. The van der Waals surface area contributed by atoms with E-state index < -0.39 is 37.6 Å². The van der Waals surface area contributed by atoms with Crippen molar-refractivity contribution in [3.05, 3.63) is 29.3 Å². The lowest BCUT2D eigenvalue weighted by Crippen LogP contribution is -2.49. The molecular weight excluding hydrogens is 677 g/mol. The summed E-state index contributed by atoms with van der Waals surface area (Å²) in [6.45, 7) is 6.98. The maximum Gasteiger partial charge on any atom is 0.341 e. The summed E-state index contributed by atoms with van der Waals surface area (Å²) in [6, 6.07) is 4.62. The molecule has 0 aromatic heterocycles. The molecule has 0 aliphatic carbocycles. The number of unbranched alkanes of at least 4 members (excludes halogenated alkanes) is 9. The number of hydrogen-bond acceptors (Lipinski definition) is 10. The van der Waals surface area contributed by atoms with Crippen molar-refractivity contribution >= 4 is 31.3 Å². The van der Waals surface area contributed by atoms with E-state index in [1.54, 1.807) is 24.8 Å². The third kappa shape index (κ3) is 17.4. The molecule has 290 valence electrons. The van der Waals surface area contributed by atoms with Gasteiger partial charge in [-0.3, -0.25) is 18.9 Å². The van der Waals surface area contributed by atoms with Gasteiger partial charge in [-0.15, -0.1) is 0 Å². The van der Waals surface area contributed by atoms with Crippen LogP contribution in [0.5, 0.6) is 5.75 Å². The van der Waals surface area contributed by atoms with Gasteiger partial charge >= 0.3 is 13.6 Å². The molecule has 1 aliphatic rings. The standard InChI is InChI=1S/C37H62N3O10P/c1-6-9-10-11-12-13-14-15-16-17-18-30-19-20-32(37(44)46-5)33(25-30)48-28-31(26-35(42)40-21-23-47-24-22-40)38-34(41)27-39(4)36(43)29-51(45,49-7-2)50-8-3/h19-20,25,31H,6-18,21-24,26-29H2,1-5H3,(H,38,41)/t31-/m0/s1. The number of carbonyl (C=O) groups excluding carboxylic acids is 4. The molecule has 0 saturated carbocycles. The summed E-state index contributed by atoms with van der Waals surface area (Å²) in [5.41, 5.74) is 1.26. The van der Waals surface area contributed by atoms with Crippen molar-refractivity contribution < 1.29 is 47.0 Å². The second kappa shape index (κ2) is 25.1. The van der Waals surface area contributed by atoms with E-state index in [0.29, 0.717) is 32.1 Å². The number of aryl methyl sites for hydroxylation is 1. The van der Waals surface area contributed by atoms with Crippen LogP contribution in [0, 0.1) is 0 Å². The second-order valence-corrected chi connectivity index (χ2v) is 14.9. The zero-order chi connectivity index (χ0) is 37.5. The zero-order valence-electron chi connectivity index (χ0n) is 31.6. The highest BCUT2D eigenvalue weighted by Gasteiger charge is 2.30. The Balaban J connectivity index is 2.08. The summed E-state index contributed by atoms with van der Waals surface area (Å²) in [7, 11) is -0.947. The molecule has 0 spiro atoms. The van der Waals surface area contributed by atoms with E-state index in [2.05, 4.69) is 12.2 Å². The highest BCUT2D eigenvalue weighted by molar-refractivity contribution is 7.54.